The first-order chi connectivity index (χ1) is 6.86. The molecule has 0 unspecified atom stereocenters. The van der Waals surface area contributed by atoms with Crippen LogP contribution in [0.3, 0.4) is 0 Å². The van der Waals surface area contributed by atoms with E-state index < -0.39 is 0 Å². The van der Waals surface area contributed by atoms with E-state index in [1.807, 2.05) is 5.51 Å². The molecule has 0 bridgehead atoms. The van der Waals surface area contributed by atoms with Gasteiger partial charge < -0.3 is 10.2 Å². The smallest absolute Gasteiger partial charge is 0.0795 e. The van der Waals surface area contributed by atoms with Crippen molar-refractivity contribution in [1.29, 1.82) is 0 Å². The van der Waals surface area contributed by atoms with Crippen LogP contribution >= 0.6 is 11.3 Å². The Bertz CT molecular complexity index is 219. The van der Waals surface area contributed by atoms with Crippen molar-refractivity contribution in [3.8, 4) is 0 Å². The Kier molecular flexibility index (Phi) is 5.75. The van der Waals surface area contributed by atoms with E-state index in [1.54, 1.807) is 11.3 Å². The van der Waals surface area contributed by atoms with Crippen LogP contribution in [-0.2, 0) is 6.54 Å². The predicted octanol–water partition coefficient (Wildman–Crippen LogP) is 1.57. The number of hydrogen-bond acceptors (Lipinski definition) is 4. The van der Waals surface area contributed by atoms with Crippen LogP contribution in [0.4, 0.5) is 0 Å². The maximum atomic E-state index is 4.22. The average molecular weight is 213 g/mol. The topological polar surface area (TPSA) is 28.2 Å². The molecule has 1 heterocycles. The van der Waals surface area contributed by atoms with Crippen molar-refractivity contribution in [3.63, 3.8) is 0 Å². The van der Waals surface area contributed by atoms with Crippen LogP contribution in [0, 0.1) is 0 Å². The molecule has 1 aromatic heterocycles. The number of rotatable bonds is 7. The highest BCUT2D eigenvalue weighted by atomic mass is 32.1. The average Bonchev–Trinajstić information content (AvgIpc) is 2.71. The molecule has 14 heavy (non-hydrogen) atoms. The van der Waals surface area contributed by atoms with Gasteiger partial charge in [-0.1, -0.05) is 13.8 Å². The van der Waals surface area contributed by atoms with Gasteiger partial charge in [0.15, 0.2) is 0 Å². The minimum atomic E-state index is 0.894. The highest BCUT2D eigenvalue weighted by Crippen LogP contribution is 1.99. The Hall–Kier alpha value is -0.450. The molecule has 0 spiro atoms. The molecule has 0 amide bonds. The first-order valence-electron chi connectivity index (χ1n) is 5.17. The fourth-order valence-electron chi connectivity index (χ4n) is 1.32. The van der Waals surface area contributed by atoms with E-state index in [0.717, 1.165) is 38.4 Å². The predicted molar refractivity (Wildman–Crippen MR) is 61.6 cm³/mol. The van der Waals surface area contributed by atoms with Gasteiger partial charge in [-0.2, -0.15) is 0 Å². The molecule has 1 aromatic rings. The zero-order valence-electron chi connectivity index (χ0n) is 8.99. The largest absolute Gasteiger partial charge is 0.310 e. The van der Waals surface area contributed by atoms with Gasteiger partial charge in [0.1, 0.15) is 0 Å². The number of nitrogens with zero attached hydrogens (tertiary/aromatic N) is 2. The maximum absolute atomic E-state index is 4.22. The molecule has 0 aliphatic carbocycles. The van der Waals surface area contributed by atoms with Crippen LogP contribution < -0.4 is 5.32 Å². The Labute approximate surface area is 90.2 Å². The van der Waals surface area contributed by atoms with Gasteiger partial charge in [-0.25, -0.2) is 4.98 Å². The Morgan fingerprint density at radius 1 is 1.43 bits per heavy atom. The van der Waals surface area contributed by atoms with Crippen molar-refractivity contribution in [3.05, 3.63) is 16.6 Å². The normalized spacial score (nSPS) is 11.1. The van der Waals surface area contributed by atoms with Crippen LogP contribution in [0.25, 0.3) is 0 Å². The number of nitrogens with one attached hydrogen (secondary N) is 1. The lowest BCUT2D eigenvalue weighted by atomic mass is 10.4. The van der Waals surface area contributed by atoms with Crippen molar-refractivity contribution in [2.24, 2.45) is 0 Å². The molecule has 0 saturated heterocycles. The quantitative estimate of drug-likeness (QED) is 0.697. The fraction of sp³-hybridized carbons (Fsp3) is 0.700. The van der Waals surface area contributed by atoms with Crippen LogP contribution in [-0.4, -0.2) is 36.1 Å². The summed E-state index contributed by atoms with van der Waals surface area (Å²) in [5, 5.41) is 5.48. The lowest BCUT2D eigenvalue weighted by Crippen LogP contribution is -2.31. The second kappa shape index (κ2) is 6.92. The summed E-state index contributed by atoms with van der Waals surface area (Å²) in [7, 11) is 0. The summed E-state index contributed by atoms with van der Waals surface area (Å²) in [4.78, 5) is 6.63. The Balaban J connectivity index is 2.04. The molecule has 1 N–H and O–H groups in total. The van der Waals surface area contributed by atoms with Crippen LogP contribution in [0.15, 0.2) is 10.9 Å². The van der Waals surface area contributed by atoms with Crippen molar-refractivity contribution in [2.75, 3.05) is 26.2 Å². The van der Waals surface area contributed by atoms with Gasteiger partial charge in [0, 0.05) is 25.0 Å². The summed E-state index contributed by atoms with van der Waals surface area (Å²) in [5.74, 6) is 0. The molecule has 4 heteroatoms. The van der Waals surface area contributed by atoms with Crippen molar-refractivity contribution in [1.82, 2.24) is 15.2 Å². The summed E-state index contributed by atoms with van der Waals surface area (Å²) in [6.07, 6.45) is 0. The summed E-state index contributed by atoms with van der Waals surface area (Å²) in [6.45, 7) is 9.72. The van der Waals surface area contributed by atoms with Crippen LogP contribution in [0.5, 0.6) is 0 Å². The Morgan fingerprint density at radius 2 is 2.21 bits per heavy atom. The molecule has 0 atom stereocenters. The summed E-state index contributed by atoms with van der Waals surface area (Å²) < 4.78 is 0. The van der Waals surface area contributed by atoms with Crippen LogP contribution in [0.1, 0.15) is 19.5 Å². The second-order valence-electron chi connectivity index (χ2n) is 3.18. The van der Waals surface area contributed by atoms with E-state index >= 15 is 0 Å². The van der Waals surface area contributed by atoms with Gasteiger partial charge >= 0.3 is 0 Å². The van der Waals surface area contributed by atoms with E-state index in [-0.39, 0.29) is 0 Å². The fourth-order valence-corrected chi connectivity index (χ4v) is 1.88. The highest BCUT2D eigenvalue weighted by molar-refractivity contribution is 7.07. The number of aromatic nitrogens is 1. The third kappa shape index (κ3) is 4.17. The lowest BCUT2D eigenvalue weighted by molar-refractivity contribution is 0.302. The Morgan fingerprint density at radius 3 is 2.79 bits per heavy atom. The van der Waals surface area contributed by atoms with Gasteiger partial charge in [0.2, 0.25) is 0 Å². The van der Waals surface area contributed by atoms with E-state index in [0.29, 0.717) is 0 Å². The molecular formula is C10H19N3S. The summed E-state index contributed by atoms with van der Waals surface area (Å²) >= 11 is 1.65. The maximum Gasteiger partial charge on any atom is 0.0795 e. The first-order valence-corrected chi connectivity index (χ1v) is 6.11. The first kappa shape index (κ1) is 11.6. The van der Waals surface area contributed by atoms with Gasteiger partial charge in [0.25, 0.3) is 0 Å². The van der Waals surface area contributed by atoms with Crippen molar-refractivity contribution in [2.45, 2.75) is 20.4 Å². The van der Waals surface area contributed by atoms with Gasteiger partial charge in [-0.3, -0.25) is 0 Å². The molecule has 0 aliphatic rings. The molecule has 3 nitrogen and oxygen atoms in total. The summed E-state index contributed by atoms with van der Waals surface area (Å²) in [5.41, 5.74) is 3.02. The van der Waals surface area contributed by atoms with E-state index in [4.69, 9.17) is 0 Å². The minimum Gasteiger partial charge on any atom is -0.310 e. The number of thiazole rings is 1. The molecule has 0 aromatic carbocycles. The standard InChI is InChI=1S/C10H19N3S/c1-3-13(4-2)6-5-11-7-10-8-14-9-12-10/h8-9,11H,3-7H2,1-2H3. The van der Waals surface area contributed by atoms with Gasteiger partial charge in [-0.15, -0.1) is 11.3 Å². The van der Waals surface area contributed by atoms with Gasteiger partial charge in [0.05, 0.1) is 11.2 Å². The third-order valence-corrected chi connectivity index (χ3v) is 2.92. The molecule has 0 radical (unpaired) electrons. The molecule has 80 valence electrons. The molecule has 1 rings (SSSR count). The zero-order valence-corrected chi connectivity index (χ0v) is 9.81. The molecule has 0 saturated carbocycles. The highest BCUT2D eigenvalue weighted by Gasteiger charge is 1.98. The SMILES string of the molecule is CCN(CC)CCNCc1cscn1. The van der Waals surface area contributed by atoms with E-state index in [1.165, 1.54) is 0 Å². The third-order valence-electron chi connectivity index (χ3n) is 2.29. The van der Waals surface area contributed by atoms with Crippen molar-refractivity contribution >= 4 is 11.3 Å². The van der Waals surface area contributed by atoms with E-state index in [2.05, 4.69) is 34.4 Å². The number of likely N-dealkylation sites (N-methyl/N-ethyl adjacent to an activating group) is 1. The van der Waals surface area contributed by atoms with E-state index in [9.17, 15) is 0 Å². The second-order valence-corrected chi connectivity index (χ2v) is 3.90. The minimum absolute atomic E-state index is 0.894. The number of hydrogen-bond donors (Lipinski definition) is 1. The van der Waals surface area contributed by atoms with Gasteiger partial charge in [-0.05, 0) is 13.1 Å². The van der Waals surface area contributed by atoms with Crippen molar-refractivity contribution < 1.29 is 0 Å². The molecule has 0 fully saturated rings. The summed E-state index contributed by atoms with van der Waals surface area (Å²) in [6, 6.07) is 0. The monoisotopic (exact) mass is 213 g/mol. The molecular weight excluding hydrogens is 194 g/mol. The lowest BCUT2D eigenvalue weighted by Gasteiger charge is -2.17. The zero-order chi connectivity index (χ0) is 10.2. The molecule has 0 aliphatic heterocycles. The van der Waals surface area contributed by atoms with Crippen LogP contribution in [0.2, 0.25) is 0 Å².